The summed E-state index contributed by atoms with van der Waals surface area (Å²) in [6, 6.07) is 13.8. The van der Waals surface area contributed by atoms with Crippen molar-refractivity contribution in [2.45, 2.75) is 25.9 Å². The maximum Gasteiger partial charge on any atom is 0.316 e. The third-order valence-corrected chi connectivity index (χ3v) is 6.13. The van der Waals surface area contributed by atoms with E-state index in [1.54, 1.807) is 14.0 Å². The quantitative estimate of drug-likeness (QED) is 0.582. The fourth-order valence-corrected chi connectivity index (χ4v) is 4.45. The molecule has 2 aromatic carbocycles. The maximum absolute atomic E-state index is 13.2. The van der Waals surface area contributed by atoms with Crippen LogP contribution in [0.5, 0.6) is 5.75 Å². The van der Waals surface area contributed by atoms with E-state index in [1.165, 1.54) is 4.90 Å². The number of fused-ring (bicyclic) bond motifs is 3. The largest absolute Gasteiger partial charge is 0.496 e. The second-order valence-corrected chi connectivity index (χ2v) is 8.38. The van der Waals surface area contributed by atoms with E-state index in [9.17, 15) is 14.4 Å². The van der Waals surface area contributed by atoms with Gasteiger partial charge in [0.15, 0.2) is 5.17 Å². The van der Waals surface area contributed by atoms with Crippen molar-refractivity contribution in [2.75, 3.05) is 19.5 Å². The van der Waals surface area contributed by atoms with Gasteiger partial charge in [-0.3, -0.25) is 19.4 Å². The summed E-state index contributed by atoms with van der Waals surface area (Å²) in [4.78, 5) is 48.3. The molecule has 9 nitrogen and oxygen atoms in total. The van der Waals surface area contributed by atoms with Gasteiger partial charge in [0.2, 0.25) is 5.91 Å². The molecule has 2 heterocycles. The number of nitrogens with one attached hydrogen (secondary N) is 1. The molecule has 0 spiro atoms. The Morgan fingerprint density at radius 2 is 1.91 bits per heavy atom. The van der Waals surface area contributed by atoms with Crippen LogP contribution in [0.25, 0.3) is 0 Å². The molecule has 2 amide bonds. The molecule has 0 radical (unpaired) electrons. The number of esters is 1. The van der Waals surface area contributed by atoms with Crippen LogP contribution in [0.3, 0.4) is 0 Å². The molecule has 0 bridgehead atoms. The molecule has 4 rings (SSSR count). The molecule has 2 aliphatic heterocycles. The molecule has 34 heavy (non-hydrogen) atoms. The number of nitrogens with zero attached hydrogens (tertiary/aromatic N) is 3. The Labute approximate surface area is 201 Å². The SMILES string of the molecule is CCOC(=O)CSC1=Nc2ccccc2C2=N[C@@H](CC(=O)NCc3ccccc3OC)C(=O)N12. The molecule has 2 aromatic rings. The van der Waals surface area contributed by atoms with Gasteiger partial charge in [0.1, 0.15) is 17.6 Å². The second-order valence-electron chi connectivity index (χ2n) is 7.44. The third-order valence-electron chi connectivity index (χ3n) is 5.22. The zero-order chi connectivity index (χ0) is 24.1. The first-order valence-electron chi connectivity index (χ1n) is 10.8. The summed E-state index contributed by atoms with van der Waals surface area (Å²) < 4.78 is 10.3. The lowest BCUT2D eigenvalue weighted by Gasteiger charge is -2.25. The van der Waals surface area contributed by atoms with Crippen molar-refractivity contribution in [1.29, 1.82) is 0 Å². The highest BCUT2D eigenvalue weighted by Crippen LogP contribution is 2.34. The zero-order valence-corrected chi connectivity index (χ0v) is 19.6. The van der Waals surface area contributed by atoms with Crippen LogP contribution in [0.2, 0.25) is 0 Å². The number of carbonyl (C=O) groups excluding carboxylic acids is 3. The Morgan fingerprint density at radius 3 is 2.71 bits per heavy atom. The molecule has 1 N–H and O–H groups in total. The predicted octanol–water partition coefficient (Wildman–Crippen LogP) is 2.66. The van der Waals surface area contributed by atoms with E-state index in [0.717, 1.165) is 17.3 Å². The number of para-hydroxylation sites is 2. The Morgan fingerprint density at radius 1 is 1.15 bits per heavy atom. The minimum absolute atomic E-state index is 0.00988. The fourth-order valence-electron chi connectivity index (χ4n) is 3.65. The fraction of sp³-hybridized carbons (Fsp3) is 0.292. The number of thioether (sulfide) groups is 1. The predicted molar refractivity (Wildman–Crippen MR) is 129 cm³/mol. The summed E-state index contributed by atoms with van der Waals surface area (Å²) in [5, 5.41) is 3.17. The minimum atomic E-state index is -0.882. The van der Waals surface area contributed by atoms with Crippen molar-refractivity contribution in [2.24, 2.45) is 9.98 Å². The highest BCUT2D eigenvalue weighted by Gasteiger charge is 2.42. The van der Waals surface area contributed by atoms with Gasteiger partial charge < -0.3 is 14.8 Å². The highest BCUT2D eigenvalue weighted by molar-refractivity contribution is 8.14. The van der Waals surface area contributed by atoms with Gasteiger partial charge in [0.25, 0.3) is 5.91 Å². The van der Waals surface area contributed by atoms with Crippen LogP contribution in [0, 0.1) is 0 Å². The van der Waals surface area contributed by atoms with E-state index in [-0.39, 0.29) is 37.1 Å². The molecule has 0 aromatic heterocycles. The van der Waals surface area contributed by atoms with Crippen LogP contribution in [0.15, 0.2) is 58.5 Å². The second kappa shape index (κ2) is 10.5. The molecule has 0 saturated heterocycles. The van der Waals surface area contributed by atoms with E-state index < -0.39 is 12.0 Å². The van der Waals surface area contributed by atoms with Crippen molar-refractivity contribution in [1.82, 2.24) is 10.2 Å². The van der Waals surface area contributed by atoms with Crippen LogP contribution in [-0.2, 0) is 25.7 Å². The highest BCUT2D eigenvalue weighted by atomic mass is 32.2. The number of methoxy groups -OCH3 is 1. The summed E-state index contributed by atoms with van der Waals surface area (Å²) in [5.41, 5.74) is 2.18. The van der Waals surface area contributed by atoms with Crippen LogP contribution in [0.1, 0.15) is 24.5 Å². The third kappa shape index (κ3) is 4.96. The van der Waals surface area contributed by atoms with Crippen molar-refractivity contribution in [3.63, 3.8) is 0 Å². The molecule has 0 saturated carbocycles. The van der Waals surface area contributed by atoms with Gasteiger partial charge >= 0.3 is 5.97 Å². The molecule has 2 aliphatic rings. The van der Waals surface area contributed by atoms with Crippen molar-refractivity contribution in [3.8, 4) is 5.75 Å². The molecule has 0 aliphatic carbocycles. The first-order chi connectivity index (χ1) is 16.5. The van der Waals surface area contributed by atoms with E-state index in [0.29, 0.717) is 28.0 Å². The first kappa shape index (κ1) is 23.5. The van der Waals surface area contributed by atoms with Gasteiger partial charge in [-0.05, 0) is 25.1 Å². The van der Waals surface area contributed by atoms with Gasteiger partial charge in [-0.25, -0.2) is 9.89 Å². The molecule has 176 valence electrons. The number of hydrogen-bond donors (Lipinski definition) is 1. The number of ether oxygens (including phenoxy) is 2. The number of amidine groups is 2. The van der Waals surface area contributed by atoms with Gasteiger partial charge in [0.05, 0.1) is 31.6 Å². The van der Waals surface area contributed by atoms with E-state index >= 15 is 0 Å². The van der Waals surface area contributed by atoms with Gasteiger partial charge in [-0.1, -0.05) is 42.1 Å². The van der Waals surface area contributed by atoms with Gasteiger partial charge in [-0.15, -0.1) is 0 Å². The van der Waals surface area contributed by atoms with E-state index in [4.69, 9.17) is 9.47 Å². The molecule has 1 atom stereocenters. The lowest BCUT2D eigenvalue weighted by Crippen LogP contribution is -2.42. The molecule has 0 unspecified atom stereocenters. The van der Waals surface area contributed by atoms with Gasteiger partial charge in [-0.2, -0.15) is 0 Å². The number of aliphatic imine (C=N–C) groups is 2. The number of benzene rings is 2. The Balaban J connectivity index is 1.49. The zero-order valence-electron chi connectivity index (χ0n) is 18.8. The average Bonchev–Trinajstić information content (AvgIpc) is 3.17. The molecular formula is C24H24N4O5S. The summed E-state index contributed by atoms with van der Waals surface area (Å²) in [6.07, 6.45) is -0.105. The van der Waals surface area contributed by atoms with Crippen LogP contribution in [0.4, 0.5) is 5.69 Å². The van der Waals surface area contributed by atoms with Crippen LogP contribution < -0.4 is 10.1 Å². The minimum Gasteiger partial charge on any atom is -0.496 e. The Bertz CT molecular complexity index is 1180. The smallest absolute Gasteiger partial charge is 0.316 e. The van der Waals surface area contributed by atoms with Crippen LogP contribution in [-0.4, -0.2) is 59.2 Å². The topological polar surface area (TPSA) is 110 Å². The number of carbonyl (C=O) groups is 3. The van der Waals surface area contributed by atoms with Crippen LogP contribution >= 0.6 is 11.8 Å². The monoisotopic (exact) mass is 480 g/mol. The summed E-state index contributed by atoms with van der Waals surface area (Å²) >= 11 is 1.11. The Kier molecular flexibility index (Phi) is 7.27. The van der Waals surface area contributed by atoms with Crippen molar-refractivity contribution < 1.29 is 23.9 Å². The number of hydrogen-bond acceptors (Lipinski definition) is 8. The summed E-state index contributed by atoms with van der Waals surface area (Å²) in [6.45, 7) is 2.28. The Hall–Kier alpha value is -3.66. The van der Waals surface area contributed by atoms with Crippen molar-refractivity contribution >= 4 is 46.2 Å². The lowest BCUT2D eigenvalue weighted by atomic mass is 10.1. The summed E-state index contributed by atoms with van der Waals surface area (Å²) in [5.74, 6) is 0.0614. The normalized spacial score (nSPS) is 16.2. The summed E-state index contributed by atoms with van der Waals surface area (Å²) in [7, 11) is 1.57. The van der Waals surface area contributed by atoms with E-state index in [2.05, 4.69) is 15.3 Å². The lowest BCUT2D eigenvalue weighted by molar-refractivity contribution is -0.139. The molecule has 0 fully saturated rings. The van der Waals surface area contributed by atoms with Crippen molar-refractivity contribution in [3.05, 3.63) is 59.7 Å². The van der Waals surface area contributed by atoms with Gasteiger partial charge in [0, 0.05) is 17.7 Å². The average molecular weight is 481 g/mol. The standard InChI is InChI=1S/C24H24N4O5S/c1-3-33-21(30)14-34-24-27-17-10-6-5-9-16(17)22-26-18(23(31)28(22)24)12-20(29)25-13-15-8-4-7-11-19(15)32-2/h4-11,18H,3,12-14H2,1-2H3,(H,25,29)/t18-/m0/s1. The number of amides is 2. The number of rotatable bonds is 8. The van der Waals surface area contributed by atoms with E-state index in [1.807, 2.05) is 48.5 Å². The molecule has 10 heteroatoms. The first-order valence-corrected chi connectivity index (χ1v) is 11.8. The maximum atomic E-state index is 13.2. The molecular weight excluding hydrogens is 456 g/mol.